The highest BCUT2D eigenvalue weighted by Crippen LogP contribution is 2.35. The first-order valence-corrected chi connectivity index (χ1v) is 7.98. The molecule has 1 aromatic heterocycles. The van der Waals surface area contributed by atoms with Gasteiger partial charge in [-0.05, 0) is 44.1 Å². The van der Waals surface area contributed by atoms with E-state index in [4.69, 9.17) is 10.8 Å². The van der Waals surface area contributed by atoms with E-state index in [1.807, 2.05) is 0 Å². The third-order valence-electron chi connectivity index (χ3n) is 5.04. The zero-order valence-electron chi connectivity index (χ0n) is 12.1. The molecule has 3 heteroatoms. The van der Waals surface area contributed by atoms with E-state index in [2.05, 4.69) is 23.9 Å². The Kier molecular flexibility index (Phi) is 3.66. The van der Waals surface area contributed by atoms with Crippen LogP contribution in [0, 0.1) is 5.92 Å². The number of hydrogen-bond acceptors (Lipinski definition) is 2. The minimum atomic E-state index is 0.00512. The molecule has 0 aliphatic heterocycles. The molecule has 2 aliphatic carbocycles. The van der Waals surface area contributed by atoms with Crippen LogP contribution in [0.1, 0.15) is 70.0 Å². The Hall–Kier alpha value is -0.830. The molecule has 0 radical (unpaired) electrons. The molecule has 2 atom stereocenters. The van der Waals surface area contributed by atoms with Crippen molar-refractivity contribution in [3.63, 3.8) is 0 Å². The molecule has 1 aromatic rings. The summed E-state index contributed by atoms with van der Waals surface area (Å²) in [6.45, 7) is 2.31. The third-order valence-corrected chi connectivity index (χ3v) is 5.04. The van der Waals surface area contributed by atoms with E-state index in [-0.39, 0.29) is 5.54 Å². The van der Waals surface area contributed by atoms with Gasteiger partial charge in [-0.2, -0.15) is 5.10 Å². The molecule has 3 rings (SSSR count). The van der Waals surface area contributed by atoms with Crippen LogP contribution in [-0.4, -0.2) is 15.3 Å². The highest BCUT2D eigenvalue weighted by atomic mass is 15.3. The number of rotatable bonds is 3. The van der Waals surface area contributed by atoms with Crippen LogP contribution < -0.4 is 5.73 Å². The van der Waals surface area contributed by atoms with Gasteiger partial charge >= 0.3 is 0 Å². The van der Waals surface area contributed by atoms with Crippen LogP contribution in [0.2, 0.25) is 0 Å². The summed E-state index contributed by atoms with van der Waals surface area (Å²) >= 11 is 0. The molecule has 0 amide bonds. The van der Waals surface area contributed by atoms with Crippen LogP contribution in [0.15, 0.2) is 12.3 Å². The van der Waals surface area contributed by atoms with Crippen LogP contribution >= 0.6 is 0 Å². The number of aromatic nitrogens is 2. The summed E-state index contributed by atoms with van der Waals surface area (Å²) < 4.78 is 2.20. The van der Waals surface area contributed by atoms with Crippen LogP contribution in [0.25, 0.3) is 0 Å². The maximum Gasteiger partial charge on any atom is 0.0643 e. The van der Waals surface area contributed by atoms with Gasteiger partial charge in [0.25, 0.3) is 0 Å². The summed E-state index contributed by atoms with van der Waals surface area (Å²) in [6, 6.07) is 2.82. The number of nitrogens with zero attached hydrogens (tertiary/aromatic N) is 2. The Morgan fingerprint density at radius 1 is 1.32 bits per heavy atom. The highest BCUT2D eigenvalue weighted by Gasteiger charge is 2.34. The van der Waals surface area contributed by atoms with Crippen molar-refractivity contribution in [1.29, 1.82) is 0 Å². The maximum absolute atomic E-state index is 6.52. The molecule has 0 saturated heterocycles. The van der Waals surface area contributed by atoms with Gasteiger partial charge in [0.1, 0.15) is 0 Å². The molecular weight excluding hydrogens is 234 g/mol. The molecule has 0 spiro atoms. The van der Waals surface area contributed by atoms with Crippen LogP contribution in [0.3, 0.4) is 0 Å². The Labute approximate surface area is 116 Å². The molecule has 2 fully saturated rings. The molecule has 1 heterocycles. The highest BCUT2D eigenvalue weighted by molar-refractivity contribution is 5.08. The quantitative estimate of drug-likeness (QED) is 0.905. The van der Waals surface area contributed by atoms with E-state index in [9.17, 15) is 0 Å². The van der Waals surface area contributed by atoms with Crippen molar-refractivity contribution in [2.45, 2.75) is 76.3 Å². The maximum atomic E-state index is 6.52. The largest absolute Gasteiger partial charge is 0.325 e. The van der Waals surface area contributed by atoms with Crippen molar-refractivity contribution in [2.24, 2.45) is 11.7 Å². The average molecular weight is 261 g/mol. The predicted octanol–water partition coefficient (Wildman–Crippen LogP) is 3.45. The standard InChI is InChI=1S/C16H27N3/c1-13-7-9-16(17,11-13)12-14-8-10-19(18-14)15-5-3-2-4-6-15/h8,10,13,15H,2-7,9,11-12,17H2,1H3. The average Bonchev–Trinajstić information content (AvgIpc) is 2.98. The van der Waals surface area contributed by atoms with E-state index in [0.717, 1.165) is 25.2 Å². The molecule has 19 heavy (non-hydrogen) atoms. The Morgan fingerprint density at radius 3 is 2.79 bits per heavy atom. The molecule has 2 N–H and O–H groups in total. The van der Waals surface area contributed by atoms with E-state index < -0.39 is 0 Å². The lowest BCUT2D eigenvalue weighted by molar-refractivity contribution is 0.325. The van der Waals surface area contributed by atoms with Crippen molar-refractivity contribution in [2.75, 3.05) is 0 Å². The molecule has 3 nitrogen and oxygen atoms in total. The summed E-state index contributed by atoms with van der Waals surface area (Å²) in [7, 11) is 0. The normalized spacial score (nSPS) is 32.8. The second-order valence-electron chi connectivity index (χ2n) is 6.97. The fourth-order valence-electron chi connectivity index (χ4n) is 3.97. The van der Waals surface area contributed by atoms with Gasteiger partial charge in [-0.3, -0.25) is 4.68 Å². The first kappa shape index (κ1) is 13.2. The van der Waals surface area contributed by atoms with Crippen LogP contribution in [0.4, 0.5) is 0 Å². The van der Waals surface area contributed by atoms with Gasteiger partial charge in [0, 0.05) is 18.2 Å². The van der Waals surface area contributed by atoms with Gasteiger partial charge in [-0.15, -0.1) is 0 Å². The first-order valence-electron chi connectivity index (χ1n) is 7.98. The van der Waals surface area contributed by atoms with Gasteiger partial charge in [0.05, 0.1) is 11.7 Å². The topological polar surface area (TPSA) is 43.8 Å². The van der Waals surface area contributed by atoms with Gasteiger partial charge in [-0.25, -0.2) is 0 Å². The van der Waals surface area contributed by atoms with E-state index in [1.165, 1.54) is 44.2 Å². The summed E-state index contributed by atoms with van der Waals surface area (Å²) in [5.41, 5.74) is 7.72. The zero-order chi connectivity index (χ0) is 13.3. The minimum Gasteiger partial charge on any atom is -0.325 e. The Balaban J connectivity index is 1.64. The van der Waals surface area contributed by atoms with Crippen LogP contribution in [-0.2, 0) is 6.42 Å². The molecule has 2 unspecified atom stereocenters. The molecular formula is C16H27N3. The lowest BCUT2D eigenvalue weighted by Crippen LogP contribution is -2.39. The summed E-state index contributed by atoms with van der Waals surface area (Å²) in [5.74, 6) is 0.783. The lowest BCUT2D eigenvalue weighted by Gasteiger charge is -2.23. The molecule has 2 aliphatic rings. The zero-order valence-corrected chi connectivity index (χ0v) is 12.1. The summed E-state index contributed by atoms with van der Waals surface area (Å²) in [4.78, 5) is 0. The van der Waals surface area contributed by atoms with Crippen molar-refractivity contribution < 1.29 is 0 Å². The predicted molar refractivity (Wildman–Crippen MR) is 78.0 cm³/mol. The van der Waals surface area contributed by atoms with Crippen molar-refractivity contribution in [3.05, 3.63) is 18.0 Å². The second kappa shape index (κ2) is 5.28. The monoisotopic (exact) mass is 261 g/mol. The smallest absolute Gasteiger partial charge is 0.0643 e. The lowest BCUT2D eigenvalue weighted by atomic mass is 9.92. The van der Waals surface area contributed by atoms with Crippen molar-refractivity contribution >= 4 is 0 Å². The van der Waals surface area contributed by atoms with Crippen LogP contribution in [0.5, 0.6) is 0 Å². The van der Waals surface area contributed by atoms with E-state index in [0.29, 0.717) is 6.04 Å². The van der Waals surface area contributed by atoms with Gasteiger partial charge in [0.15, 0.2) is 0 Å². The summed E-state index contributed by atoms with van der Waals surface area (Å²) in [6.07, 6.45) is 13.4. The number of hydrogen-bond donors (Lipinski definition) is 1. The fourth-order valence-corrected chi connectivity index (χ4v) is 3.97. The minimum absolute atomic E-state index is 0.00512. The third kappa shape index (κ3) is 3.02. The van der Waals surface area contributed by atoms with E-state index >= 15 is 0 Å². The molecule has 106 valence electrons. The summed E-state index contributed by atoms with van der Waals surface area (Å²) in [5, 5.41) is 4.80. The molecule has 2 saturated carbocycles. The second-order valence-corrected chi connectivity index (χ2v) is 6.97. The Bertz CT molecular complexity index is 419. The van der Waals surface area contributed by atoms with Gasteiger partial charge in [0.2, 0.25) is 0 Å². The molecule has 0 aromatic carbocycles. The van der Waals surface area contributed by atoms with Gasteiger partial charge < -0.3 is 5.73 Å². The molecule has 0 bridgehead atoms. The van der Waals surface area contributed by atoms with E-state index in [1.54, 1.807) is 0 Å². The number of nitrogens with two attached hydrogens (primary N) is 1. The fraction of sp³-hybridized carbons (Fsp3) is 0.812. The first-order chi connectivity index (χ1) is 9.15. The SMILES string of the molecule is CC1CCC(N)(Cc2ccn(C3CCCCC3)n2)C1. The van der Waals surface area contributed by atoms with Crippen molar-refractivity contribution in [1.82, 2.24) is 9.78 Å². The van der Waals surface area contributed by atoms with Crippen molar-refractivity contribution in [3.8, 4) is 0 Å². The Morgan fingerprint density at radius 2 is 2.11 bits per heavy atom. The van der Waals surface area contributed by atoms with Gasteiger partial charge in [-0.1, -0.05) is 26.2 Å².